The van der Waals surface area contributed by atoms with Gasteiger partial charge in [-0.25, -0.2) is 9.97 Å². The van der Waals surface area contributed by atoms with E-state index in [0.29, 0.717) is 12.3 Å². The van der Waals surface area contributed by atoms with E-state index in [0.717, 1.165) is 42.7 Å². The van der Waals surface area contributed by atoms with E-state index >= 15 is 0 Å². The number of aryl methyl sites for hydroxylation is 1. The summed E-state index contributed by atoms with van der Waals surface area (Å²) >= 11 is 4.75. The highest BCUT2D eigenvalue weighted by Gasteiger charge is 2.17. The van der Waals surface area contributed by atoms with Crippen LogP contribution in [-0.4, -0.2) is 18.9 Å². The number of pyridine rings is 1. The first-order chi connectivity index (χ1) is 14.2. The number of thioether (sulfide) groups is 1. The van der Waals surface area contributed by atoms with Gasteiger partial charge in [0.1, 0.15) is 10.5 Å². The van der Waals surface area contributed by atoms with Crippen LogP contribution in [0.3, 0.4) is 0 Å². The van der Waals surface area contributed by atoms with Crippen molar-refractivity contribution < 1.29 is 0 Å². The molecule has 0 saturated heterocycles. The molecule has 0 aliphatic rings. The summed E-state index contributed by atoms with van der Waals surface area (Å²) in [5.74, 6) is 0.669. The maximum absolute atomic E-state index is 13.3. The summed E-state index contributed by atoms with van der Waals surface area (Å²) < 4.78 is 3.82. The van der Waals surface area contributed by atoms with Crippen LogP contribution in [0, 0.1) is 6.92 Å². The van der Waals surface area contributed by atoms with Gasteiger partial charge in [0.25, 0.3) is 5.56 Å². The first kappa shape index (κ1) is 18.6. The summed E-state index contributed by atoms with van der Waals surface area (Å²) in [5, 5.41) is 5.56. The molecule has 0 fully saturated rings. The molecule has 5 heterocycles. The normalized spacial score (nSPS) is 11.7. The number of thiophene rings is 2. The van der Waals surface area contributed by atoms with E-state index in [2.05, 4.69) is 19.1 Å². The van der Waals surface area contributed by atoms with Gasteiger partial charge in [0.15, 0.2) is 5.16 Å². The maximum atomic E-state index is 13.3. The van der Waals surface area contributed by atoms with E-state index in [-0.39, 0.29) is 5.56 Å². The number of aromatic nitrogens is 4. The van der Waals surface area contributed by atoms with Gasteiger partial charge in [-0.1, -0.05) is 23.9 Å². The molecule has 0 aliphatic heterocycles. The van der Waals surface area contributed by atoms with E-state index in [1.165, 1.54) is 11.3 Å². The van der Waals surface area contributed by atoms with Gasteiger partial charge in [-0.3, -0.25) is 9.36 Å². The highest BCUT2D eigenvalue weighted by atomic mass is 32.2. The van der Waals surface area contributed by atoms with E-state index < -0.39 is 0 Å². The number of hydrogen-bond acceptors (Lipinski definition) is 6. The van der Waals surface area contributed by atoms with E-state index in [4.69, 9.17) is 9.97 Å². The topological polar surface area (TPSA) is 52.2 Å². The zero-order valence-corrected chi connectivity index (χ0v) is 18.4. The molecule has 5 aromatic heterocycles. The molecule has 0 spiro atoms. The fourth-order valence-corrected chi connectivity index (χ4v) is 6.17. The molecule has 146 valence electrons. The summed E-state index contributed by atoms with van der Waals surface area (Å²) in [6, 6.07) is 8.14. The smallest absolute Gasteiger partial charge is 0.263 e. The average Bonchev–Trinajstić information content (AvgIpc) is 3.45. The first-order valence-corrected chi connectivity index (χ1v) is 12.0. The predicted octanol–water partition coefficient (Wildman–Crippen LogP) is 5.45. The van der Waals surface area contributed by atoms with Crippen molar-refractivity contribution in [3.05, 3.63) is 69.0 Å². The fraction of sp³-hybridized carbons (Fsp3) is 0.190. The minimum atomic E-state index is 0.0375. The van der Waals surface area contributed by atoms with Crippen molar-refractivity contribution in [2.75, 3.05) is 0 Å². The molecule has 0 N–H and O–H groups in total. The third kappa shape index (κ3) is 3.21. The standard InChI is InChI=1S/C21H18N4OS3/c1-3-25-20(26)17-15(16-7-5-9-27-16)12-28-19(17)23-21(25)29-11-14-10-24-8-4-6-13(2)18(24)22-14/h4-10,12H,3,11H2,1-2H3. The Kier molecular flexibility index (Phi) is 4.77. The second-order valence-corrected chi connectivity index (χ2v) is 9.44. The Bertz CT molecular complexity index is 1380. The predicted molar refractivity (Wildman–Crippen MR) is 122 cm³/mol. The third-order valence-electron chi connectivity index (χ3n) is 4.84. The lowest BCUT2D eigenvalue weighted by atomic mass is 10.2. The summed E-state index contributed by atoms with van der Waals surface area (Å²) in [6.45, 7) is 4.64. The molecule has 0 aromatic carbocycles. The molecule has 0 unspecified atom stereocenters. The molecule has 5 rings (SSSR count). The van der Waals surface area contributed by atoms with Gasteiger partial charge in [-0.2, -0.15) is 0 Å². The Morgan fingerprint density at radius 3 is 2.83 bits per heavy atom. The summed E-state index contributed by atoms with van der Waals surface area (Å²) in [7, 11) is 0. The Labute approximate surface area is 179 Å². The minimum Gasteiger partial charge on any atom is -0.307 e. The van der Waals surface area contributed by atoms with Crippen LogP contribution in [0.2, 0.25) is 0 Å². The molecule has 0 saturated carbocycles. The lowest BCUT2D eigenvalue weighted by Gasteiger charge is -2.09. The van der Waals surface area contributed by atoms with Crippen molar-refractivity contribution in [1.29, 1.82) is 0 Å². The molecule has 0 radical (unpaired) electrons. The lowest BCUT2D eigenvalue weighted by Crippen LogP contribution is -2.22. The van der Waals surface area contributed by atoms with Crippen molar-refractivity contribution in [3.63, 3.8) is 0 Å². The van der Waals surface area contributed by atoms with Gasteiger partial charge in [0, 0.05) is 40.5 Å². The van der Waals surface area contributed by atoms with E-state index in [1.54, 1.807) is 27.7 Å². The zero-order valence-electron chi connectivity index (χ0n) is 16.0. The number of fused-ring (bicyclic) bond motifs is 2. The number of rotatable bonds is 5. The second-order valence-electron chi connectivity index (χ2n) is 6.69. The second kappa shape index (κ2) is 7.44. The third-order valence-corrected chi connectivity index (χ3v) is 7.62. The molecular formula is C21H18N4OS3. The lowest BCUT2D eigenvalue weighted by molar-refractivity contribution is 0.635. The zero-order chi connectivity index (χ0) is 20.0. The van der Waals surface area contributed by atoms with Crippen LogP contribution in [0.1, 0.15) is 18.2 Å². The average molecular weight is 439 g/mol. The van der Waals surface area contributed by atoms with Crippen LogP contribution < -0.4 is 5.56 Å². The maximum Gasteiger partial charge on any atom is 0.263 e. The quantitative estimate of drug-likeness (QED) is 0.270. The van der Waals surface area contributed by atoms with Crippen molar-refractivity contribution >= 4 is 50.3 Å². The Hall–Kier alpha value is -2.42. The van der Waals surface area contributed by atoms with Crippen molar-refractivity contribution in [1.82, 2.24) is 18.9 Å². The Balaban J connectivity index is 1.52. The van der Waals surface area contributed by atoms with Crippen LogP contribution >= 0.6 is 34.4 Å². The van der Waals surface area contributed by atoms with Gasteiger partial charge >= 0.3 is 0 Å². The Morgan fingerprint density at radius 1 is 1.17 bits per heavy atom. The number of hydrogen-bond donors (Lipinski definition) is 0. The van der Waals surface area contributed by atoms with E-state index in [9.17, 15) is 4.79 Å². The summed E-state index contributed by atoms with van der Waals surface area (Å²) in [6.07, 6.45) is 4.05. The van der Waals surface area contributed by atoms with Gasteiger partial charge in [-0.15, -0.1) is 22.7 Å². The van der Waals surface area contributed by atoms with Gasteiger partial charge in [-0.05, 0) is 36.9 Å². The highest BCUT2D eigenvalue weighted by molar-refractivity contribution is 7.98. The van der Waals surface area contributed by atoms with Crippen molar-refractivity contribution in [3.8, 4) is 10.4 Å². The van der Waals surface area contributed by atoms with Crippen LogP contribution in [0.4, 0.5) is 0 Å². The van der Waals surface area contributed by atoms with Gasteiger partial charge in [0.2, 0.25) is 0 Å². The largest absolute Gasteiger partial charge is 0.307 e. The first-order valence-electron chi connectivity index (χ1n) is 9.27. The van der Waals surface area contributed by atoms with Crippen molar-refractivity contribution in [2.45, 2.75) is 31.3 Å². The SMILES string of the molecule is CCn1c(SCc2cn3cccc(C)c3n2)nc2scc(-c3cccs3)c2c1=O. The summed E-state index contributed by atoms with van der Waals surface area (Å²) in [4.78, 5) is 24.7. The molecule has 0 amide bonds. The Morgan fingerprint density at radius 2 is 2.07 bits per heavy atom. The monoisotopic (exact) mass is 438 g/mol. The fourth-order valence-electron chi connectivity index (χ4n) is 3.42. The molecule has 5 nitrogen and oxygen atoms in total. The van der Waals surface area contributed by atoms with Crippen LogP contribution in [-0.2, 0) is 12.3 Å². The molecule has 29 heavy (non-hydrogen) atoms. The molecule has 0 atom stereocenters. The minimum absolute atomic E-state index is 0.0375. The molecule has 8 heteroatoms. The summed E-state index contributed by atoms with van der Waals surface area (Å²) in [5.41, 5.74) is 4.13. The molecule has 5 aromatic rings. The van der Waals surface area contributed by atoms with Crippen molar-refractivity contribution in [2.24, 2.45) is 0 Å². The van der Waals surface area contributed by atoms with E-state index in [1.807, 2.05) is 46.6 Å². The number of nitrogens with zero attached hydrogens (tertiary/aromatic N) is 4. The molecule has 0 aliphatic carbocycles. The van der Waals surface area contributed by atoms with Crippen LogP contribution in [0.15, 0.2) is 57.4 Å². The number of imidazole rings is 1. The van der Waals surface area contributed by atoms with Gasteiger partial charge in [0.05, 0.1) is 11.1 Å². The molecular weight excluding hydrogens is 420 g/mol. The van der Waals surface area contributed by atoms with Gasteiger partial charge < -0.3 is 4.40 Å². The highest BCUT2D eigenvalue weighted by Crippen LogP contribution is 2.34. The molecule has 0 bridgehead atoms. The van der Waals surface area contributed by atoms with Crippen LogP contribution in [0.5, 0.6) is 0 Å². The van der Waals surface area contributed by atoms with Crippen LogP contribution in [0.25, 0.3) is 26.3 Å².